The highest BCUT2D eigenvalue weighted by Crippen LogP contribution is 2.13. The summed E-state index contributed by atoms with van der Waals surface area (Å²) in [5.41, 5.74) is 6.04. The number of nitrogens with two attached hydrogens (primary N) is 1. The summed E-state index contributed by atoms with van der Waals surface area (Å²) < 4.78 is 5.32. The van der Waals surface area contributed by atoms with Crippen molar-refractivity contribution in [2.75, 3.05) is 6.61 Å². The first kappa shape index (κ1) is 17.5. The van der Waals surface area contributed by atoms with Gasteiger partial charge in [-0.3, -0.25) is 9.59 Å². The van der Waals surface area contributed by atoms with Gasteiger partial charge in [0.1, 0.15) is 11.8 Å². The largest absolute Gasteiger partial charge is 0.484 e. The summed E-state index contributed by atoms with van der Waals surface area (Å²) in [5, 5.41) is 11.3. The molecule has 0 saturated heterocycles. The molecular weight excluding hydrogens is 288 g/mol. The fraction of sp³-hybridized carbons (Fsp3) is 0.400. The summed E-state index contributed by atoms with van der Waals surface area (Å²) in [7, 11) is 0. The van der Waals surface area contributed by atoms with Crippen molar-refractivity contribution in [2.24, 2.45) is 5.73 Å². The van der Waals surface area contributed by atoms with Gasteiger partial charge in [0.05, 0.1) is 0 Å². The molecule has 22 heavy (non-hydrogen) atoms. The summed E-state index contributed by atoms with van der Waals surface area (Å²) in [6, 6.07) is 6.13. The number of carbonyl (C=O) groups excluding carboxylic acids is 2. The third-order valence-electron chi connectivity index (χ3n) is 2.99. The Morgan fingerprint density at radius 3 is 2.68 bits per heavy atom. The average molecular weight is 308 g/mol. The van der Waals surface area contributed by atoms with Gasteiger partial charge in [-0.1, -0.05) is 19.1 Å². The molecule has 0 aliphatic carbocycles. The number of aryl methyl sites for hydroxylation is 1. The second-order valence-electron chi connectivity index (χ2n) is 4.75. The fourth-order valence-corrected chi connectivity index (χ4v) is 1.78. The Bertz CT molecular complexity index is 544. The Kier molecular flexibility index (Phi) is 6.88. The molecule has 0 saturated carbocycles. The fourth-order valence-electron chi connectivity index (χ4n) is 1.78. The predicted octanol–water partition coefficient (Wildman–Crippen LogP) is 0.463. The third kappa shape index (κ3) is 6.25. The maximum absolute atomic E-state index is 11.7. The van der Waals surface area contributed by atoms with Crippen molar-refractivity contribution in [1.82, 2.24) is 5.32 Å². The van der Waals surface area contributed by atoms with Crippen molar-refractivity contribution in [3.8, 4) is 5.75 Å². The first-order valence-electron chi connectivity index (χ1n) is 6.94. The van der Waals surface area contributed by atoms with E-state index in [2.05, 4.69) is 5.32 Å². The van der Waals surface area contributed by atoms with Crippen LogP contribution in [0.1, 0.15) is 25.3 Å². The number of hydrogen-bond donors (Lipinski definition) is 3. The third-order valence-corrected chi connectivity index (χ3v) is 2.99. The second kappa shape index (κ2) is 8.66. The van der Waals surface area contributed by atoms with Gasteiger partial charge < -0.3 is 20.9 Å². The van der Waals surface area contributed by atoms with Gasteiger partial charge in [0.15, 0.2) is 6.61 Å². The molecule has 1 aromatic rings. The number of aliphatic carboxylic acids is 1. The normalized spacial score (nSPS) is 11.5. The Balaban J connectivity index is 2.49. The minimum Gasteiger partial charge on any atom is -0.484 e. The number of nitrogens with one attached hydrogen (secondary N) is 1. The van der Waals surface area contributed by atoms with E-state index in [1.807, 2.05) is 25.1 Å². The van der Waals surface area contributed by atoms with Gasteiger partial charge in [0.2, 0.25) is 5.91 Å². The van der Waals surface area contributed by atoms with Crippen molar-refractivity contribution >= 4 is 17.8 Å². The number of rotatable bonds is 9. The first-order chi connectivity index (χ1) is 10.4. The number of carbonyl (C=O) groups is 3. The number of carboxylic acid groups (broad SMARTS) is 1. The van der Waals surface area contributed by atoms with Gasteiger partial charge in [0, 0.05) is 6.42 Å². The van der Waals surface area contributed by atoms with E-state index in [-0.39, 0.29) is 19.4 Å². The molecule has 4 N–H and O–H groups in total. The molecule has 7 heteroatoms. The topological polar surface area (TPSA) is 119 Å². The van der Waals surface area contributed by atoms with Crippen LogP contribution in [-0.4, -0.2) is 35.5 Å². The maximum atomic E-state index is 11.7. The Morgan fingerprint density at radius 1 is 1.36 bits per heavy atom. The lowest BCUT2D eigenvalue weighted by molar-refractivity contribution is -0.142. The SMILES string of the molecule is CCc1cccc(OCC(=O)NC(CCC(N)=O)C(=O)O)c1. The number of primary amides is 1. The Morgan fingerprint density at radius 2 is 2.09 bits per heavy atom. The van der Waals surface area contributed by atoms with Gasteiger partial charge in [-0.25, -0.2) is 4.79 Å². The molecule has 0 radical (unpaired) electrons. The predicted molar refractivity (Wildman–Crippen MR) is 79.3 cm³/mol. The van der Waals surface area contributed by atoms with Crippen LogP contribution in [-0.2, 0) is 20.8 Å². The van der Waals surface area contributed by atoms with Crippen LogP contribution in [0.3, 0.4) is 0 Å². The number of amides is 2. The van der Waals surface area contributed by atoms with Gasteiger partial charge in [-0.2, -0.15) is 0 Å². The molecule has 0 aliphatic heterocycles. The van der Waals surface area contributed by atoms with Crippen LogP contribution in [0.15, 0.2) is 24.3 Å². The highest BCUT2D eigenvalue weighted by molar-refractivity contribution is 5.85. The molecule has 0 spiro atoms. The van der Waals surface area contributed by atoms with Crippen LogP contribution in [0.2, 0.25) is 0 Å². The zero-order valence-corrected chi connectivity index (χ0v) is 12.4. The van der Waals surface area contributed by atoms with Gasteiger partial charge >= 0.3 is 5.97 Å². The van der Waals surface area contributed by atoms with Crippen molar-refractivity contribution in [2.45, 2.75) is 32.2 Å². The number of benzene rings is 1. The highest BCUT2D eigenvalue weighted by atomic mass is 16.5. The number of hydrogen-bond acceptors (Lipinski definition) is 4. The van der Waals surface area contributed by atoms with Crippen LogP contribution in [0.5, 0.6) is 5.75 Å². The number of ether oxygens (including phenoxy) is 1. The van der Waals surface area contributed by atoms with Gasteiger partial charge in [-0.15, -0.1) is 0 Å². The molecule has 0 heterocycles. The highest BCUT2D eigenvalue weighted by Gasteiger charge is 2.20. The summed E-state index contributed by atoms with van der Waals surface area (Å²) in [6.45, 7) is 1.70. The van der Waals surface area contributed by atoms with Crippen LogP contribution in [0, 0.1) is 0 Å². The zero-order chi connectivity index (χ0) is 16.5. The molecular formula is C15H20N2O5. The molecule has 0 fully saturated rings. The molecule has 0 aliphatic rings. The van der Waals surface area contributed by atoms with E-state index in [1.54, 1.807) is 6.07 Å². The Hall–Kier alpha value is -2.57. The maximum Gasteiger partial charge on any atom is 0.326 e. The van der Waals surface area contributed by atoms with Crippen LogP contribution in [0.25, 0.3) is 0 Å². The summed E-state index contributed by atoms with van der Waals surface area (Å²) in [6.07, 6.45) is 0.677. The quantitative estimate of drug-likeness (QED) is 0.612. The lowest BCUT2D eigenvalue weighted by Gasteiger charge is -2.14. The lowest BCUT2D eigenvalue weighted by atomic mass is 10.1. The summed E-state index contributed by atoms with van der Waals surface area (Å²) >= 11 is 0. The van der Waals surface area contributed by atoms with Gasteiger partial charge in [0.25, 0.3) is 5.91 Å². The van der Waals surface area contributed by atoms with Crippen LogP contribution in [0.4, 0.5) is 0 Å². The van der Waals surface area contributed by atoms with Gasteiger partial charge in [-0.05, 0) is 30.5 Å². The first-order valence-corrected chi connectivity index (χ1v) is 6.94. The standard InChI is InChI=1S/C15H20N2O5/c1-2-10-4-3-5-11(8-10)22-9-14(19)17-12(15(20)21)6-7-13(16)18/h3-5,8,12H,2,6-7,9H2,1H3,(H2,16,18)(H,17,19)(H,20,21). The summed E-state index contributed by atoms with van der Waals surface area (Å²) in [4.78, 5) is 33.4. The van der Waals surface area contributed by atoms with E-state index in [1.165, 1.54) is 0 Å². The minimum absolute atomic E-state index is 0.0538. The zero-order valence-electron chi connectivity index (χ0n) is 12.4. The van der Waals surface area contributed by atoms with E-state index in [0.717, 1.165) is 12.0 Å². The molecule has 1 atom stereocenters. The molecule has 7 nitrogen and oxygen atoms in total. The molecule has 120 valence electrons. The molecule has 0 aromatic heterocycles. The van der Waals surface area contributed by atoms with E-state index in [4.69, 9.17) is 15.6 Å². The van der Waals surface area contributed by atoms with E-state index < -0.39 is 23.8 Å². The minimum atomic E-state index is -1.22. The van der Waals surface area contributed by atoms with E-state index >= 15 is 0 Å². The van der Waals surface area contributed by atoms with E-state index in [0.29, 0.717) is 5.75 Å². The molecule has 0 bridgehead atoms. The van der Waals surface area contributed by atoms with E-state index in [9.17, 15) is 14.4 Å². The molecule has 2 amide bonds. The molecule has 1 unspecified atom stereocenters. The molecule has 1 rings (SSSR count). The van der Waals surface area contributed by atoms with Crippen LogP contribution >= 0.6 is 0 Å². The van der Waals surface area contributed by atoms with Crippen molar-refractivity contribution in [1.29, 1.82) is 0 Å². The second-order valence-corrected chi connectivity index (χ2v) is 4.75. The van der Waals surface area contributed by atoms with Crippen molar-refractivity contribution in [3.05, 3.63) is 29.8 Å². The smallest absolute Gasteiger partial charge is 0.326 e. The average Bonchev–Trinajstić information content (AvgIpc) is 2.49. The molecule has 1 aromatic carbocycles. The van der Waals surface area contributed by atoms with Crippen molar-refractivity contribution < 1.29 is 24.2 Å². The Labute approximate surface area is 128 Å². The number of carboxylic acids is 1. The van der Waals surface area contributed by atoms with Crippen LogP contribution < -0.4 is 15.8 Å². The van der Waals surface area contributed by atoms with Crippen molar-refractivity contribution in [3.63, 3.8) is 0 Å². The lowest BCUT2D eigenvalue weighted by Crippen LogP contribution is -2.43. The monoisotopic (exact) mass is 308 g/mol. The summed E-state index contributed by atoms with van der Waals surface area (Å²) in [5.74, 6) is -1.87.